The molecule has 0 aliphatic rings. The first-order valence-electron chi connectivity index (χ1n) is 5.75. The molecule has 2 rings (SSSR count). The number of nitrogens with zero attached hydrogens (tertiary/aromatic N) is 1. The zero-order chi connectivity index (χ0) is 13.7. The molecule has 4 nitrogen and oxygen atoms in total. The van der Waals surface area contributed by atoms with Crippen molar-refractivity contribution in [1.29, 1.82) is 0 Å². The molecule has 0 saturated heterocycles. The first-order chi connectivity index (χ1) is 9.15. The number of nitrogens with one attached hydrogen (secondary N) is 1. The molecule has 0 fully saturated rings. The van der Waals surface area contributed by atoms with Gasteiger partial charge >= 0.3 is 0 Å². The summed E-state index contributed by atoms with van der Waals surface area (Å²) < 4.78 is 6.49. The number of anilines is 1. The topological polar surface area (TPSA) is 51.2 Å². The molecule has 0 aliphatic heterocycles. The van der Waals surface area contributed by atoms with E-state index in [-0.39, 0.29) is 5.91 Å². The highest BCUT2D eigenvalue weighted by Crippen LogP contribution is 2.26. The van der Waals surface area contributed by atoms with E-state index >= 15 is 0 Å². The third kappa shape index (κ3) is 4.06. The zero-order valence-electron chi connectivity index (χ0n) is 10.4. The molecule has 1 aromatic heterocycles. The van der Waals surface area contributed by atoms with Crippen molar-refractivity contribution in [2.75, 3.05) is 5.32 Å². The van der Waals surface area contributed by atoms with E-state index in [0.29, 0.717) is 18.2 Å². The molecular weight excluding hydrogens is 308 g/mol. The second-order valence-electron chi connectivity index (χ2n) is 3.96. The number of hydrogen-bond donors (Lipinski definition) is 1. The summed E-state index contributed by atoms with van der Waals surface area (Å²) in [5, 5.41) is 2.64. The maximum atomic E-state index is 11.1. The lowest BCUT2D eigenvalue weighted by Gasteiger charge is -2.11. The predicted molar refractivity (Wildman–Crippen MR) is 77.0 cm³/mol. The molecule has 0 saturated carbocycles. The Morgan fingerprint density at radius 3 is 2.79 bits per heavy atom. The largest absolute Gasteiger partial charge is 0.485 e. The van der Waals surface area contributed by atoms with Crippen LogP contribution in [0, 0.1) is 0 Å². The van der Waals surface area contributed by atoms with Crippen LogP contribution in [0.25, 0.3) is 0 Å². The molecule has 2 aromatic rings. The molecule has 1 aromatic carbocycles. The maximum Gasteiger partial charge on any atom is 0.222 e. The number of hydrogen-bond acceptors (Lipinski definition) is 3. The zero-order valence-corrected chi connectivity index (χ0v) is 12.0. The molecule has 0 spiro atoms. The van der Waals surface area contributed by atoms with E-state index in [1.807, 2.05) is 30.3 Å². The number of ether oxygens (including phenoxy) is 1. The van der Waals surface area contributed by atoms with Gasteiger partial charge in [0.2, 0.25) is 5.91 Å². The van der Waals surface area contributed by atoms with Crippen LogP contribution in [0.4, 0.5) is 5.82 Å². The summed E-state index contributed by atoms with van der Waals surface area (Å²) in [4.78, 5) is 15.2. The quantitative estimate of drug-likeness (QED) is 0.939. The van der Waals surface area contributed by atoms with Gasteiger partial charge in [-0.25, -0.2) is 4.98 Å². The summed E-state index contributed by atoms with van der Waals surface area (Å²) in [6, 6.07) is 11.6. The van der Waals surface area contributed by atoms with Gasteiger partial charge in [0.1, 0.15) is 6.61 Å². The number of halogens is 1. The van der Waals surface area contributed by atoms with E-state index in [1.54, 1.807) is 12.3 Å². The summed E-state index contributed by atoms with van der Waals surface area (Å²) in [5.74, 6) is 0.777. The third-order valence-electron chi connectivity index (χ3n) is 2.35. The summed E-state index contributed by atoms with van der Waals surface area (Å²) >= 11 is 3.33. The van der Waals surface area contributed by atoms with Crippen molar-refractivity contribution in [3.63, 3.8) is 0 Å². The van der Waals surface area contributed by atoms with Gasteiger partial charge in [-0.2, -0.15) is 0 Å². The van der Waals surface area contributed by atoms with Crippen LogP contribution in [0.1, 0.15) is 12.5 Å². The normalized spacial score (nSPS) is 10.0. The highest BCUT2D eigenvalue weighted by Gasteiger charge is 2.08. The Bertz CT molecular complexity index is 573. The minimum absolute atomic E-state index is 0.181. The van der Waals surface area contributed by atoms with Crippen LogP contribution in [0.5, 0.6) is 5.75 Å². The fourth-order valence-corrected chi connectivity index (χ4v) is 1.84. The number of aromatic nitrogens is 1. The molecule has 98 valence electrons. The Morgan fingerprint density at radius 2 is 2.11 bits per heavy atom. The molecule has 1 amide bonds. The van der Waals surface area contributed by atoms with Gasteiger partial charge in [-0.15, -0.1) is 0 Å². The van der Waals surface area contributed by atoms with E-state index in [2.05, 4.69) is 26.2 Å². The summed E-state index contributed by atoms with van der Waals surface area (Å²) in [6.45, 7) is 1.86. The number of amides is 1. The van der Waals surface area contributed by atoms with Crippen LogP contribution in [0.3, 0.4) is 0 Å². The first-order valence-corrected chi connectivity index (χ1v) is 6.54. The van der Waals surface area contributed by atoms with Crippen LogP contribution in [-0.4, -0.2) is 10.9 Å². The average Bonchev–Trinajstić information content (AvgIpc) is 2.40. The molecular formula is C14H13BrN2O2. The van der Waals surface area contributed by atoms with Crippen molar-refractivity contribution in [1.82, 2.24) is 4.98 Å². The van der Waals surface area contributed by atoms with E-state index < -0.39 is 0 Å². The molecule has 0 bridgehead atoms. The lowest BCUT2D eigenvalue weighted by Crippen LogP contribution is -2.09. The standard InChI is InChI=1S/C14H13BrN2O2/c1-10(18)17-14-13(7-12(15)8-16-14)19-9-11-5-3-2-4-6-11/h2-8H,9H2,1H3,(H,16,17,18). The van der Waals surface area contributed by atoms with Gasteiger partial charge in [0.05, 0.1) is 0 Å². The van der Waals surface area contributed by atoms with E-state index in [4.69, 9.17) is 4.74 Å². The summed E-state index contributed by atoms with van der Waals surface area (Å²) in [7, 11) is 0. The maximum absolute atomic E-state index is 11.1. The molecule has 1 heterocycles. The molecule has 1 N–H and O–H groups in total. The van der Waals surface area contributed by atoms with Crippen LogP contribution in [0.2, 0.25) is 0 Å². The highest BCUT2D eigenvalue weighted by molar-refractivity contribution is 9.10. The Morgan fingerprint density at radius 1 is 1.37 bits per heavy atom. The van der Waals surface area contributed by atoms with Gasteiger partial charge in [-0.05, 0) is 27.6 Å². The monoisotopic (exact) mass is 320 g/mol. The van der Waals surface area contributed by atoms with Gasteiger partial charge in [0.15, 0.2) is 11.6 Å². The smallest absolute Gasteiger partial charge is 0.222 e. The van der Waals surface area contributed by atoms with Crippen molar-refractivity contribution >= 4 is 27.7 Å². The molecule has 5 heteroatoms. The second-order valence-corrected chi connectivity index (χ2v) is 4.87. The fourth-order valence-electron chi connectivity index (χ4n) is 1.53. The predicted octanol–water partition coefficient (Wildman–Crippen LogP) is 3.38. The number of carbonyl (C=O) groups excluding carboxylic acids is 1. The van der Waals surface area contributed by atoms with Crippen molar-refractivity contribution < 1.29 is 9.53 Å². The highest BCUT2D eigenvalue weighted by atomic mass is 79.9. The van der Waals surface area contributed by atoms with Crippen LogP contribution in [0.15, 0.2) is 47.1 Å². The van der Waals surface area contributed by atoms with E-state index in [0.717, 1.165) is 10.0 Å². The van der Waals surface area contributed by atoms with Gasteiger partial charge in [-0.1, -0.05) is 30.3 Å². The number of pyridine rings is 1. The van der Waals surface area contributed by atoms with Gasteiger partial charge in [0, 0.05) is 17.6 Å². The first kappa shape index (κ1) is 13.5. The van der Waals surface area contributed by atoms with Crippen LogP contribution in [-0.2, 0) is 11.4 Å². The Kier molecular flexibility index (Phi) is 4.52. The summed E-state index contributed by atoms with van der Waals surface area (Å²) in [5.41, 5.74) is 1.05. The van der Waals surface area contributed by atoms with E-state index in [1.165, 1.54) is 6.92 Å². The molecule has 19 heavy (non-hydrogen) atoms. The molecule has 0 aliphatic carbocycles. The number of carbonyl (C=O) groups is 1. The van der Waals surface area contributed by atoms with Crippen LogP contribution >= 0.6 is 15.9 Å². The lowest BCUT2D eigenvalue weighted by atomic mass is 10.2. The van der Waals surface area contributed by atoms with Crippen molar-refractivity contribution in [3.05, 3.63) is 52.6 Å². The minimum Gasteiger partial charge on any atom is -0.485 e. The van der Waals surface area contributed by atoms with Gasteiger partial charge < -0.3 is 10.1 Å². The lowest BCUT2D eigenvalue weighted by molar-refractivity contribution is -0.114. The van der Waals surface area contributed by atoms with Crippen LogP contribution < -0.4 is 10.1 Å². The second kappa shape index (κ2) is 6.33. The third-order valence-corrected chi connectivity index (χ3v) is 2.78. The van der Waals surface area contributed by atoms with E-state index in [9.17, 15) is 4.79 Å². The van der Waals surface area contributed by atoms with Gasteiger partial charge in [-0.3, -0.25) is 4.79 Å². The van der Waals surface area contributed by atoms with Crippen molar-refractivity contribution in [2.24, 2.45) is 0 Å². The Balaban J connectivity index is 2.14. The average molecular weight is 321 g/mol. The molecule has 0 atom stereocenters. The van der Waals surface area contributed by atoms with Crippen molar-refractivity contribution in [2.45, 2.75) is 13.5 Å². The molecule has 0 radical (unpaired) electrons. The number of rotatable bonds is 4. The summed E-state index contributed by atoms with van der Waals surface area (Å²) in [6.07, 6.45) is 1.61. The molecule has 0 unspecified atom stereocenters. The van der Waals surface area contributed by atoms with Gasteiger partial charge in [0.25, 0.3) is 0 Å². The minimum atomic E-state index is -0.181. The van der Waals surface area contributed by atoms with Crippen molar-refractivity contribution in [3.8, 4) is 5.75 Å². The SMILES string of the molecule is CC(=O)Nc1ncc(Br)cc1OCc1ccccc1. The fraction of sp³-hybridized carbons (Fsp3) is 0.143. The Hall–Kier alpha value is -1.88. The number of benzene rings is 1. The Labute approximate surface area is 119 Å².